The Bertz CT molecular complexity index is 487. The summed E-state index contributed by atoms with van der Waals surface area (Å²) in [5.74, 6) is -1.21. The highest BCUT2D eigenvalue weighted by Gasteiger charge is 2.18. The van der Waals surface area contributed by atoms with Gasteiger partial charge in [0.15, 0.2) is 13.2 Å². The molecule has 0 unspecified atom stereocenters. The topological polar surface area (TPSA) is 105 Å². The Morgan fingerprint density at radius 2 is 0.929 bits per heavy atom. The zero-order valence-electron chi connectivity index (χ0n) is 17.3. The van der Waals surface area contributed by atoms with E-state index in [1.165, 1.54) is 21.6 Å². The zero-order chi connectivity index (χ0) is 21.8. The van der Waals surface area contributed by atoms with Crippen molar-refractivity contribution in [2.75, 3.05) is 24.7 Å². The van der Waals surface area contributed by atoms with E-state index in [2.05, 4.69) is 0 Å². The number of esters is 4. The van der Waals surface area contributed by atoms with Crippen molar-refractivity contribution in [2.24, 2.45) is 0 Å². The average Bonchev–Trinajstić information content (AvgIpc) is 2.51. The Kier molecular flexibility index (Phi) is 12.3. The fourth-order valence-electron chi connectivity index (χ4n) is 1.53. The average molecular weight is 439 g/mol. The molecule has 0 heterocycles. The van der Waals surface area contributed by atoms with Gasteiger partial charge < -0.3 is 18.9 Å². The predicted molar refractivity (Wildman–Crippen MR) is 108 cm³/mol. The van der Waals surface area contributed by atoms with Crippen LogP contribution in [0.1, 0.15) is 54.4 Å². The van der Waals surface area contributed by atoms with Crippen LogP contribution in [0, 0.1) is 0 Å². The van der Waals surface area contributed by atoms with Gasteiger partial charge in [-0.3, -0.25) is 9.59 Å². The Morgan fingerprint density at radius 1 is 0.607 bits per heavy atom. The van der Waals surface area contributed by atoms with E-state index in [1.807, 2.05) is 0 Å². The summed E-state index contributed by atoms with van der Waals surface area (Å²) < 4.78 is 19.7. The first-order valence-electron chi connectivity index (χ1n) is 8.78. The molecule has 0 rings (SSSR count). The summed E-state index contributed by atoms with van der Waals surface area (Å²) in [6, 6.07) is 0. The van der Waals surface area contributed by atoms with Gasteiger partial charge in [0, 0.05) is 11.5 Å². The van der Waals surface area contributed by atoms with Gasteiger partial charge in [-0.2, -0.15) is 0 Å². The summed E-state index contributed by atoms with van der Waals surface area (Å²) >= 11 is 0. The van der Waals surface area contributed by atoms with E-state index in [4.69, 9.17) is 18.9 Å². The first-order chi connectivity index (χ1) is 12.8. The Morgan fingerprint density at radius 3 is 1.21 bits per heavy atom. The molecular weight excluding hydrogens is 408 g/mol. The van der Waals surface area contributed by atoms with Gasteiger partial charge in [-0.25, -0.2) is 9.59 Å². The van der Waals surface area contributed by atoms with Crippen LogP contribution in [0.3, 0.4) is 0 Å². The standard InChI is InChI=1S/C18H30O8S2/c1-17(2,3)25-15(21)11-23-13(19)7-9-27-28-10-8-14(20)24-12-16(22)26-18(4,5)6/h7-12H2,1-6H3. The predicted octanol–water partition coefficient (Wildman–Crippen LogP) is 2.92. The minimum atomic E-state index is -0.621. The minimum Gasteiger partial charge on any atom is -0.457 e. The van der Waals surface area contributed by atoms with E-state index in [0.717, 1.165) is 0 Å². The van der Waals surface area contributed by atoms with Gasteiger partial charge in [0.1, 0.15) is 11.2 Å². The number of rotatable bonds is 11. The van der Waals surface area contributed by atoms with Crippen molar-refractivity contribution in [1.29, 1.82) is 0 Å². The van der Waals surface area contributed by atoms with Crippen molar-refractivity contribution < 1.29 is 38.1 Å². The molecule has 162 valence electrons. The van der Waals surface area contributed by atoms with Gasteiger partial charge >= 0.3 is 23.9 Å². The van der Waals surface area contributed by atoms with Gasteiger partial charge in [-0.1, -0.05) is 21.6 Å². The molecule has 0 aromatic carbocycles. The molecule has 0 aliphatic rings. The smallest absolute Gasteiger partial charge is 0.344 e. The first kappa shape index (κ1) is 26.6. The van der Waals surface area contributed by atoms with E-state index < -0.39 is 48.3 Å². The van der Waals surface area contributed by atoms with E-state index in [1.54, 1.807) is 41.5 Å². The molecule has 0 saturated carbocycles. The maximum absolute atomic E-state index is 11.5. The zero-order valence-corrected chi connectivity index (χ0v) is 19.0. The maximum Gasteiger partial charge on any atom is 0.344 e. The lowest BCUT2D eigenvalue weighted by molar-refractivity contribution is -0.166. The highest BCUT2D eigenvalue weighted by atomic mass is 33.1. The Hall–Kier alpha value is -1.42. The second kappa shape index (κ2) is 12.9. The molecule has 0 spiro atoms. The monoisotopic (exact) mass is 438 g/mol. The van der Waals surface area contributed by atoms with Gasteiger partial charge in [0.2, 0.25) is 0 Å². The molecule has 0 atom stereocenters. The van der Waals surface area contributed by atoms with Crippen LogP contribution in [0.5, 0.6) is 0 Å². The van der Waals surface area contributed by atoms with Crippen LogP contribution in [0.2, 0.25) is 0 Å². The third-order valence-corrected chi connectivity index (χ3v) is 4.81. The van der Waals surface area contributed by atoms with Crippen LogP contribution >= 0.6 is 21.6 Å². The number of carbonyl (C=O) groups excluding carboxylic acids is 4. The van der Waals surface area contributed by atoms with Crippen LogP contribution < -0.4 is 0 Å². The van der Waals surface area contributed by atoms with E-state index in [-0.39, 0.29) is 12.8 Å². The molecule has 0 radical (unpaired) electrons. The van der Waals surface area contributed by atoms with Crippen molar-refractivity contribution >= 4 is 45.5 Å². The molecule has 0 N–H and O–H groups in total. The van der Waals surface area contributed by atoms with Crippen LogP contribution in [0.15, 0.2) is 0 Å². The van der Waals surface area contributed by atoms with Gasteiger partial charge in [0.25, 0.3) is 0 Å². The van der Waals surface area contributed by atoms with Crippen LogP contribution in [0.4, 0.5) is 0 Å². The normalized spacial score (nSPS) is 11.5. The quantitative estimate of drug-likeness (QED) is 0.207. The first-order valence-corrected chi connectivity index (χ1v) is 11.3. The lowest BCUT2D eigenvalue weighted by atomic mass is 10.2. The molecule has 0 amide bonds. The molecule has 8 nitrogen and oxygen atoms in total. The van der Waals surface area contributed by atoms with Crippen LogP contribution in [0.25, 0.3) is 0 Å². The van der Waals surface area contributed by atoms with E-state index >= 15 is 0 Å². The largest absolute Gasteiger partial charge is 0.457 e. The Labute approximate surface area is 174 Å². The van der Waals surface area contributed by atoms with E-state index in [0.29, 0.717) is 11.5 Å². The lowest BCUT2D eigenvalue weighted by Crippen LogP contribution is -2.27. The number of hydrogen-bond donors (Lipinski definition) is 0. The molecule has 0 aliphatic carbocycles. The third-order valence-electron chi connectivity index (χ3n) is 2.40. The molecular formula is C18H30O8S2. The molecule has 0 aromatic rings. The summed E-state index contributed by atoms with van der Waals surface area (Å²) in [5, 5.41) is 0. The molecule has 0 bridgehead atoms. The molecule has 0 saturated heterocycles. The number of hydrogen-bond acceptors (Lipinski definition) is 10. The Balaban J connectivity index is 3.67. The summed E-state index contributed by atoms with van der Waals surface area (Å²) in [5.41, 5.74) is -1.24. The molecule has 10 heteroatoms. The summed E-state index contributed by atoms with van der Waals surface area (Å²) in [6.07, 6.45) is 0.285. The lowest BCUT2D eigenvalue weighted by Gasteiger charge is -2.19. The summed E-state index contributed by atoms with van der Waals surface area (Å²) in [7, 11) is 2.80. The second-order valence-electron chi connectivity index (χ2n) is 7.64. The van der Waals surface area contributed by atoms with Crippen molar-refractivity contribution in [2.45, 2.75) is 65.6 Å². The summed E-state index contributed by atoms with van der Waals surface area (Å²) in [6.45, 7) is 9.57. The van der Waals surface area contributed by atoms with Crippen LogP contribution in [-0.2, 0) is 38.1 Å². The summed E-state index contributed by atoms with van der Waals surface area (Å²) in [4.78, 5) is 45.9. The van der Waals surface area contributed by atoms with Crippen molar-refractivity contribution in [3.8, 4) is 0 Å². The third kappa shape index (κ3) is 18.0. The fourth-order valence-corrected chi connectivity index (χ4v) is 3.48. The van der Waals surface area contributed by atoms with Gasteiger partial charge in [0.05, 0.1) is 12.8 Å². The second-order valence-corrected chi connectivity index (χ2v) is 10.3. The number of carbonyl (C=O) groups is 4. The molecule has 0 aromatic heterocycles. The fraction of sp³-hybridized carbons (Fsp3) is 0.778. The van der Waals surface area contributed by atoms with E-state index in [9.17, 15) is 19.2 Å². The van der Waals surface area contributed by atoms with Crippen molar-refractivity contribution in [3.05, 3.63) is 0 Å². The molecule has 28 heavy (non-hydrogen) atoms. The maximum atomic E-state index is 11.5. The minimum absolute atomic E-state index is 0.142. The highest BCUT2D eigenvalue weighted by molar-refractivity contribution is 8.76. The molecule has 0 fully saturated rings. The molecule has 0 aliphatic heterocycles. The highest BCUT2D eigenvalue weighted by Crippen LogP contribution is 2.23. The number of ether oxygens (including phenoxy) is 4. The van der Waals surface area contributed by atoms with Gasteiger partial charge in [-0.15, -0.1) is 0 Å². The van der Waals surface area contributed by atoms with Crippen LogP contribution in [-0.4, -0.2) is 59.8 Å². The van der Waals surface area contributed by atoms with Crippen molar-refractivity contribution in [3.63, 3.8) is 0 Å². The SMILES string of the molecule is CC(C)(C)OC(=O)COC(=O)CCSSCCC(=O)OCC(=O)OC(C)(C)C. The van der Waals surface area contributed by atoms with Gasteiger partial charge in [-0.05, 0) is 41.5 Å². The van der Waals surface area contributed by atoms with Crippen molar-refractivity contribution in [1.82, 2.24) is 0 Å².